The van der Waals surface area contributed by atoms with Gasteiger partial charge in [-0.2, -0.15) is 0 Å². The highest BCUT2D eigenvalue weighted by Gasteiger charge is 2.39. The molecule has 0 radical (unpaired) electrons. The van der Waals surface area contributed by atoms with Crippen molar-refractivity contribution in [2.45, 2.75) is 32.4 Å². The summed E-state index contributed by atoms with van der Waals surface area (Å²) in [5, 5.41) is 9.04. The molecule has 0 aliphatic carbocycles. The number of ether oxygens (including phenoxy) is 1. The molecular formula is C10H17NO4. The minimum Gasteiger partial charge on any atom is -0.480 e. The summed E-state index contributed by atoms with van der Waals surface area (Å²) in [6.45, 7) is 3.98. The number of morpholine rings is 1. The number of hydrogen-bond acceptors (Lipinski definition) is 3. The van der Waals surface area contributed by atoms with Gasteiger partial charge in [0.25, 0.3) is 0 Å². The van der Waals surface area contributed by atoms with Gasteiger partial charge in [0.2, 0.25) is 5.91 Å². The first-order chi connectivity index (χ1) is 6.93. The van der Waals surface area contributed by atoms with Crippen molar-refractivity contribution in [2.24, 2.45) is 5.92 Å². The maximum absolute atomic E-state index is 11.3. The van der Waals surface area contributed by atoms with Crippen LogP contribution in [0.1, 0.15) is 20.3 Å². The maximum atomic E-state index is 11.3. The van der Waals surface area contributed by atoms with Crippen LogP contribution in [0.2, 0.25) is 0 Å². The van der Waals surface area contributed by atoms with Crippen LogP contribution in [0, 0.1) is 5.92 Å². The normalized spacial score (nSPS) is 27.2. The van der Waals surface area contributed by atoms with E-state index >= 15 is 0 Å². The summed E-state index contributed by atoms with van der Waals surface area (Å²) in [4.78, 5) is 23.6. The summed E-state index contributed by atoms with van der Waals surface area (Å²) >= 11 is 0. The molecule has 86 valence electrons. The molecule has 0 aromatic rings. The van der Waals surface area contributed by atoms with E-state index in [9.17, 15) is 9.59 Å². The molecule has 5 nitrogen and oxygen atoms in total. The zero-order valence-electron chi connectivity index (χ0n) is 9.27. The Morgan fingerprint density at radius 2 is 2.27 bits per heavy atom. The molecule has 1 amide bonds. The smallest absolute Gasteiger partial charge is 0.329 e. The van der Waals surface area contributed by atoms with Crippen LogP contribution >= 0.6 is 0 Å². The van der Waals surface area contributed by atoms with E-state index in [1.54, 1.807) is 0 Å². The van der Waals surface area contributed by atoms with Gasteiger partial charge in [0.1, 0.15) is 6.61 Å². The number of likely N-dealkylation sites (N-methyl/N-ethyl adjacent to an activating group) is 1. The van der Waals surface area contributed by atoms with Gasteiger partial charge < -0.3 is 14.7 Å². The zero-order chi connectivity index (χ0) is 11.6. The molecule has 2 unspecified atom stereocenters. The van der Waals surface area contributed by atoms with Crippen LogP contribution < -0.4 is 0 Å². The van der Waals surface area contributed by atoms with Gasteiger partial charge >= 0.3 is 5.97 Å². The highest BCUT2D eigenvalue weighted by molar-refractivity contribution is 5.85. The highest BCUT2D eigenvalue weighted by atomic mass is 16.5. The second-order valence-corrected chi connectivity index (χ2v) is 4.27. The van der Waals surface area contributed by atoms with E-state index in [1.807, 2.05) is 13.8 Å². The lowest BCUT2D eigenvalue weighted by Gasteiger charge is -2.36. The predicted octanol–water partition coefficient (Wildman–Crippen LogP) is 0.343. The number of rotatable bonds is 3. The fourth-order valence-electron chi connectivity index (χ4n) is 1.76. The molecule has 0 aromatic carbocycles. The van der Waals surface area contributed by atoms with E-state index in [4.69, 9.17) is 9.84 Å². The third-order valence-corrected chi connectivity index (χ3v) is 2.54. The van der Waals surface area contributed by atoms with Crippen molar-refractivity contribution in [3.05, 3.63) is 0 Å². The summed E-state index contributed by atoms with van der Waals surface area (Å²) in [6, 6.07) is -0.853. The van der Waals surface area contributed by atoms with E-state index < -0.39 is 18.1 Å². The molecule has 1 aliphatic heterocycles. The van der Waals surface area contributed by atoms with Gasteiger partial charge in [0.15, 0.2) is 6.04 Å². The van der Waals surface area contributed by atoms with Gasteiger partial charge in [0, 0.05) is 7.05 Å². The van der Waals surface area contributed by atoms with Crippen molar-refractivity contribution in [1.29, 1.82) is 0 Å². The van der Waals surface area contributed by atoms with Gasteiger partial charge in [-0.25, -0.2) is 4.79 Å². The molecule has 1 aliphatic rings. The quantitative estimate of drug-likeness (QED) is 0.737. The van der Waals surface area contributed by atoms with Crippen molar-refractivity contribution in [3.8, 4) is 0 Å². The van der Waals surface area contributed by atoms with Gasteiger partial charge in [-0.3, -0.25) is 4.79 Å². The van der Waals surface area contributed by atoms with E-state index in [1.165, 1.54) is 11.9 Å². The lowest BCUT2D eigenvalue weighted by Crippen LogP contribution is -2.56. The molecule has 1 N–H and O–H groups in total. The molecular weight excluding hydrogens is 198 g/mol. The summed E-state index contributed by atoms with van der Waals surface area (Å²) in [5.41, 5.74) is 0. The third kappa shape index (κ3) is 2.68. The lowest BCUT2D eigenvalue weighted by atomic mass is 9.98. The van der Waals surface area contributed by atoms with Crippen LogP contribution in [0.15, 0.2) is 0 Å². The molecule has 1 fully saturated rings. The number of nitrogens with zero attached hydrogens (tertiary/aromatic N) is 1. The predicted molar refractivity (Wildman–Crippen MR) is 53.4 cm³/mol. The van der Waals surface area contributed by atoms with Gasteiger partial charge in [0.05, 0.1) is 6.10 Å². The number of carbonyl (C=O) groups is 2. The van der Waals surface area contributed by atoms with Crippen molar-refractivity contribution in [1.82, 2.24) is 4.90 Å². The summed E-state index contributed by atoms with van der Waals surface area (Å²) in [7, 11) is 1.51. The number of carbonyl (C=O) groups excluding carboxylic acids is 1. The number of amides is 1. The summed E-state index contributed by atoms with van der Waals surface area (Å²) in [5.74, 6) is -0.933. The van der Waals surface area contributed by atoms with E-state index in [0.29, 0.717) is 12.3 Å². The standard InChI is InChI=1S/C10H17NO4/c1-6(2)4-7-9(10(13)14)11(3)8(12)5-15-7/h6-7,9H,4-5H2,1-3H3,(H,13,14). The molecule has 2 atom stereocenters. The minimum absolute atomic E-state index is 0.0162. The Morgan fingerprint density at radius 3 is 2.73 bits per heavy atom. The van der Waals surface area contributed by atoms with Crippen LogP contribution in [0.4, 0.5) is 0 Å². The molecule has 0 bridgehead atoms. The number of hydrogen-bond donors (Lipinski definition) is 1. The monoisotopic (exact) mass is 215 g/mol. The largest absolute Gasteiger partial charge is 0.480 e. The van der Waals surface area contributed by atoms with Crippen molar-refractivity contribution < 1.29 is 19.4 Å². The molecule has 0 aromatic heterocycles. The van der Waals surface area contributed by atoms with Crippen LogP contribution in [-0.4, -0.2) is 47.7 Å². The van der Waals surface area contributed by atoms with Crippen molar-refractivity contribution in [2.75, 3.05) is 13.7 Å². The molecule has 15 heavy (non-hydrogen) atoms. The molecule has 1 saturated heterocycles. The second-order valence-electron chi connectivity index (χ2n) is 4.27. The number of carboxylic acid groups (broad SMARTS) is 1. The SMILES string of the molecule is CC(C)CC1OCC(=O)N(C)C1C(=O)O. The topological polar surface area (TPSA) is 66.8 Å². The Hall–Kier alpha value is -1.10. The van der Waals surface area contributed by atoms with Crippen LogP contribution in [0.25, 0.3) is 0 Å². The molecule has 0 spiro atoms. The van der Waals surface area contributed by atoms with Crippen LogP contribution in [0.3, 0.4) is 0 Å². The summed E-state index contributed by atoms with van der Waals surface area (Å²) < 4.78 is 5.27. The molecule has 1 rings (SSSR count). The summed E-state index contributed by atoms with van der Waals surface area (Å²) in [6.07, 6.45) is 0.249. The van der Waals surface area contributed by atoms with Crippen molar-refractivity contribution in [3.63, 3.8) is 0 Å². The fraction of sp³-hybridized carbons (Fsp3) is 0.800. The lowest BCUT2D eigenvalue weighted by molar-refractivity contribution is -0.170. The Morgan fingerprint density at radius 1 is 1.67 bits per heavy atom. The molecule has 0 saturated carbocycles. The van der Waals surface area contributed by atoms with E-state index in [-0.39, 0.29) is 12.5 Å². The molecule has 1 heterocycles. The van der Waals surface area contributed by atoms with Gasteiger partial charge in [-0.1, -0.05) is 13.8 Å². The Kier molecular flexibility index (Phi) is 3.68. The van der Waals surface area contributed by atoms with E-state index in [2.05, 4.69) is 0 Å². The third-order valence-electron chi connectivity index (χ3n) is 2.54. The Bertz CT molecular complexity index is 264. The minimum atomic E-state index is -1.00. The first-order valence-corrected chi connectivity index (χ1v) is 5.03. The second kappa shape index (κ2) is 4.61. The van der Waals surface area contributed by atoms with Crippen LogP contribution in [-0.2, 0) is 14.3 Å². The van der Waals surface area contributed by atoms with E-state index in [0.717, 1.165) is 0 Å². The average molecular weight is 215 g/mol. The first-order valence-electron chi connectivity index (χ1n) is 5.03. The van der Waals surface area contributed by atoms with Gasteiger partial charge in [-0.15, -0.1) is 0 Å². The fourth-order valence-corrected chi connectivity index (χ4v) is 1.76. The maximum Gasteiger partial charge on any atom is 0.329 e. The Labute approximate surface area is 89.0 Å². The van der Waals surface area contributed by atoms with Crippen LogP contribution in [0.5, 0.6) is 0 Å². The first kappa shape index (κ1) is 12.0. The highest BCUT2D eigenvalue weighted by Crippen LogP contribution is 2.20. The average Bonchev–Trinajstić information content (AvgIpc) is 2.10. The molecule has 5 heteroatoms. The van der Waals surface area contributed by atoms with Gasteiger partial charge in [-0.05, 0) is 12.3 Å². The van der Waals surface area contributed by atoms with Crippen molar-refractivity contribution >= 4 is 11.9 Å². The number of carboxylic acids is 1. The number of aliphatic carboxylic acids is 1. The Balaban J connectivity index is 2.77. The zero-order valence-corrected chi connectivity index (χ0v) is 9.27.